The van der Waals surface area contributed by atoms with Gasteiger partial charge in [-0.1, -0.05) is 6.92 Å². The molecule has 2 rings (SSSR count). The summed E-state index contributed by atoms with van der Waals surface area (Å²) in [5.74, 6) is 0.413. The summed E-state index contributed by atoms with van der Waals surface area (Å²) in [4.78, 5) is 13.2. The summed E-state index contributed by atoms with van der Waals surface area (Å²) < 4.78 is 6.41. The van der Waals surface area contributed by atoms with Crippen LogP contribution in [0.2, 0.25) is 5.28 Å². The van der Waals surface area contributed by atoms with Crippen molar-refractivity contribution < 1.29 is 4.74 Å². The maximum Gasteiger partial charge on any atom is 0.322 e. The predicted molar refractivity (Wildman–Crippen MR) is 80.0 cm³/mol. The molecule has 0 bridgehead atoms. The fourth-order valence-electron chi connectivity index (χ4n) is 1.28. The number of hydrogen-bond donors (Lipinski definition) is 1. The van der Waals surface area contributed by atoms with Crippen LogP contribution in [0.15, 0.2) is 15.9 Å². The van der Waals surface area contributed by atoms with Crippen LogP contribution in [0.4, 0.5) is 5.95 Å². The highest BCUT2D eigenvalue weighted by Gasteiger charge is 2.06. The lowest BCUT2D eigenvalue weighted by molar-refractivity contribution is 0.291. The Morgan fingerprint density at radius 1 is 1.42 bits per heavy atom. The van der Waals surface area contributed by atoms with Gasteiger partial charge in [0.25, 0.3) is 0 Å². The molecule has 0 amide bonds. The number of rotatable bonds is 6. The zero-order chi connectivity index (χ0) is 13.7. The van der Waals surface area contributed by atoms with E-state index < -0.39 is 0 Å². The summed E-state index contributed by atoms with van der Waals surface area (Å²) in [6.07, 6.45) is 0.884. The first kappa shape index (κ1) is 14.5. The molecule has 0 aromatic carbocycles. The predicted octanol–water partition coefficient (Wildman–Crippen LogP) is 3.75. The van der Waals surface area contributed by atoms with Gasteiger partial charge >= 0.3 is 6.01 Å². The number of ether oxygens (including phenoxy) is 1. The average molecular weight is 364 g/mol. The van der Waals surface area contributed by atoms with Gasteiger partial charge in [0.2, 0.25) is 11.2 Å². The SMILES string of the molecule is CCCOc1nc(Cl)nc(NCc2cc(Br)cs2)n1. The van der Waals surface area contributed by atoms with Gasteiger partial charge in [0.1, 0.15) is 0 Å². The standard InChI is InChI=1S/C11H12BrClN4OS/c1-2-3-18-11-16-9(13)15-10(17-11)14-5-8-4-7(12)6-19-8/h4,6H,2-3,5H2,1H3,(H,14,15,16,17). The van der Waals surface area contributed by atoms with Crippen molar-refractivity contribution in [3.05, 3.63) is 26.1 Å². The van der Waals surface area contributed by atoms with Gasteiger partial charge in [-0.25, -0.2) is 0 Å². The molecular formula is C11H12BrClN4OS. The maximum absolute atomic E-state index is 5.83. The highest BCUT2D eigenvalue weighted by atomic mass is 79.9. The van der Waals surface area contributed by atoms with Crippen molar-refractivity contribution in [1.82, 2.24) is 15.0 Å². The molecule has 2 heterocycles. The molecule has 1 N–H and O–H groups in total. The number of nitrogens with one attached hydrogen (secondary N) is 1. The summed E-state index contributed by atoms with van der Waals surface area (Å²) in [7, 11) is 0. The van der Waals surface area contributed by atoms with E-state index in [-0.39, 0.29) is 11.3 Å². The van der Waals surface area contributed by atoms with Crippen molar-refractivity contribution in [1.29, 1.82) is 0 Å². The zero-order valence-electron chi connectivity index (χ0n) is 10.2. The molecule has 8 heteroatoms. The van der Waals surface area contributed by atoms with Gasteiger partial charge < -0.3 is 10.1 Å². The molecule has 2 aromatic rings. The van der Waals surface area contributed by atoms with Crippen LogP contribution in [-0.4, -0.2) is 21.6 Å². The maximum atomic E-state index is 5.83. The second-order valence-corrected chi connectivity index (χ2v) is 5.89. The molecule has 0 fully saturated rings. The Labute approximate surface area is 128 Å². The quantitative estimate of drug-likeness (QED) is 0.847. The van der Waals surface area contributed by atoms with Gasteiger partial charge in [-0.3, -0.25) is 0 Å². The Morgan fingerprint density at radius 2 is 2.26 bits per heavy atom. The molecule has 0 aliphatic rings. The van der Waals surface area contributed by atoms with Crippen LogP contribution in [0, 0.1) is 0 Å². The van der Waals surface area contributed by atoms with Gasteiger partial charge in [0, 0.05) is 14.7 Å². The van der Waals surface area contributed by atoms with Crippen LogP contribution in [0.1, 0.15) is 18.2 Å². The number of thiophene rings is 1. The third-order valence-corrected chi connectivity index (χ3v) is 3.93. The molecule has 0 radical (unpaired) electrons. The highest BCUT2D eigenvalue weighted by Crippen LogP contribution is 2.20. The molecule has 5 nitrogen and oxygen atoms in total. The molecule has 0 aliphatic carbocycles. The van der Waals surface area contributed by atoms with Gasteiger partial charge in [-0.05, 0) is 40.0 Å². The second-order valence-electron chi connectivity index (χ2n) is 3.64. The molecular weight excluding hydrogens is 352 g/mol. The van der Waals surface area contributed by atoms with Gasteiger partial charge in [0.15, 0.2) is 0 Å². The van der Waals surface area contributed by atoms with E-state index in [1.807, 2.05) is 18.4 Å². The third-order valence-electron chi connectivity index (χ3n) is 2.07. The Balaban J connectivity index is 2.01. The lowest BCUT2D eigenvalue weighted by Crippen LogP contribution is -2.07. The van der Waals surface area contributed by atoms with Crippen LogP contribution >= 0.6 is 38.9 Å². The van der Waals surface area contributed by atoms with Crippen LogP contribution in [-0.2, 0) is 6.54 Å². The van der Waals surface area contributed by atoms with Crippen molar-refractivity contribution in [2.24, 2.45) is 0 Å². The van der Waals surface area contributed by atoms with Crippen molar-refractivity contribution in [2.45, 2.75) is 19.9 Å². The summed E-state index contributed by atoms with van der Waals surface area (Å²) >= 11 is 10.9. The highest BCUT2D eigenvalue weighted by molar-refractivity contribution is 9.10. The first-order valence-electron chi connectivity index (χ1n) is 5.68. The normalized spacial score (nSPS) is 10.5. The smallest absolute Gasteiger partial charge is 0.322 e. The average Bonchev–Trinajstić information content (AvgIpc) is 2.79. The van der Waals surface area contributed by atoms with Crippen molar-refractivity contribution in [3.63, 3.8) is 0 Å². The third kappa shape index (κ3) is 4.59. The second kappa shape index (κ2) is 7.02. The minimum atomic E-state index is 0.121. The van der Waals surface area contributed by atoms with Crippen molar-refractivity contribution >= 4 is 44.8 Å². The number of aromatic nitrogens is 3. The number of hydrogen-bond acceptors (Lipinski definition) is 6. The van der Waals surface area contributed by atoms with Crippen LogP contribution < -0.4 is 10.1 Å². The Kier molecular flexibility index (Phi) is 5.35. The molecule has 19 heavy (non-hydrogen) atoms. The van der Waals surface area contributed by atoms with E-state index in [0.717, 1.165) is 10.9 Å². The molecule has 0 unspecified atom stereocenters. The topological polar surface area (TPSA) is 59.9 Å². The Bertz CT molecular complexity index is 551. The number of anilines is 1. The summed E-state index contributed by atoms with van der Waals surface area (Å²) in [5, 5.41) is 5.24. The van der Waals surface area contributed by atoms with E-state index in [4.69, 9.17) is 16.3 Å². The minimum Gasteiger partial charge on any atom is -0.463 e. The lowest BCUT2D eigenvalue weighted by Gasteiger charge is -2.06. The van der Waals surface area contributed by atoms with E-state index >= 15 is 0 Å². The van der Waals surface area contributed by atoms with E-state index in [9.17, 15) is 0 Å². The minimum absolute atomic E-state index is 0.121. The van der Waals surface area contributed by atoms with E-state index in [0.29, 0.717) is 19.1 Å². The number of halogens is 2. The van der Waals surface area contributed by atoms with Crippen LogP contribution in [0.25, 0.3) is 0 Å². The first-order chi connectivity index (χ1) is 9.17. The fraction of sp³-hybridized carbons (Fsp3) is 0.364. The summed E-state index contributed by atoms with van der Waals surface area (Å²) in [6, 6.07) is 2.28. The van der Waals surface area contributed by atoms with Gasteiger partial charge in [0.05, 0.1) is 13.2 Å². The summed E-state index contributed by atoms with van der Waals surface area (Å²) in [6.45, 7) is 3.19. The Morgan fingerprint density at radius 3 is 2.95 bits per heavy atom. The monoisotopic (exact) mass is 362 g/mol. The molecule has 0 saturated carbocycles. The summed E-state index contributed by atoms with van der Waals surface area (Å²) in [5.41, 5.74) is 0. The van der Waals surface area contributed by atoms with Crippen LogP contribution in [0.5, 0.6) is 6.01 Å². The van der Waals surface area contributed by atoms with Crippen molar-refractivity contribution in [2.75, 3.05) is 11.9 Å². The molecule has 102 valence electrons. The molecule has 0 atom stereocenters. The zero-order valence-corrected chi connectivity index (χ0v) is 13.3. The number of nitrogens with zero attached hydrogens (tertiary/aromatic N) is 3. The molecule has 2 aromatic heterocycles. The van der Waals surface area contributed by atoms with Gasteiger partial charge in [-0.15, -0.1) is 11.3 Å². The lowest BCUT2D eigenvalue weighted by atomic mass is 10.5. The van der Waals surface area contributed by atoms with E-state index in [1.165, 1.54) is 4.88 Å². The largest absolute Gasteiger partial charge is 0.463 e. The van der Waals surface area contributed by atoms with Crippen molar-refractivity contribution in [3.8, 4) is 6.01 Å². The van der Waals surface area contributed by atoms with E-state index in [2.05, 4.69) is 36.2 Å². The molecule has 0 spiro atoms. The van der Waals surface area contributed by atoms with E-state index in [1.54, 1.807) is 11.3 Å². The van der Waals surface area contributed by atoms with Gasteiger partial charge in [-0.2, -0.15) is 15.0 Å². The van der Waals surface area contributed by atoms with Crippen LogP contribution in [0.3, 0.4) is 0 Å². The molecule has 0 saturated heterocycles. The molecule has 0 aliphatic heterocycles. The Hall–Kier alpha value is -0.920. The first-order valence-corrected chi connectivity index (χ1v) is 7.73. The fourth-order valence-corrected chi connectivity index (χ4v) is 2.82.